The summed E-state index contributed by atoms with van der Waals surface area (Å²) in [5.74, 6) is 2.40. The summed E-state index contributed by atoms with van der Waals surface area (Å²) in [4.78, 5) is 24.1. The van der Waals surface area contributed by atoms with Gasteiger partial charge in [0.05, 0.1) is 13.0 Å². The number of carbonyl (C=O) groups excluding carboxylic acids is 2. The molecule has 1 amide bonds. The number of rotatable bonds is 1. The molecule has 4 nitrogen and oxygen atoms in total. The molecule has 4 rings (SSSR count). The molecule has 7 atom stereocenters. The first-order valence-corrected chi connectivity index (χ1v) is 9.77. The van der Waals surface area contributed by atoms with Crippen molar-refractivity contribution in [2.45, 2.75) is 71.3 Å². The van der Waals surface area contributed by atoms with Crippen LogP contribution < -0.4 is 5.32 Å². The lowest BCUT2D eigenvalue weighted by atomic mass is 9.47. The zero-order valence-electron chi connectivity index (χ0n) is 15.3. The topological polar surface area (TPSA) is 55.4 Å². The van der Waals surface area contributed by atoms with Crippen molar-refractivity contribution in [3.63, 3.8) is 0 Å². The Balaban J connectivity index is 1.61. The lowest BCUT2D eigenvalue weighted by molar-refractivity contribution is -0.155. The van der Waals surface area contributed by atoms with Crippen LogP contribution in [0.2, 0.25) is 0 Å². The summed E-state index contributed by atoms with van der Waals surface area (Å²) in [5, 5.41) is 3.28. The Labute approximate surface area is 145 Å². The molecule has 134 valence electrons. The van der Waals surface area contributed by atoms with Crippen LogP contribution >= 0.6 is 0 Å². The Hall–Kier alpha value is -1.06. The molecule has 0 bridgehead atoms. The van der Waals surface area contributed by atoms with Crippen molar-refractivity contribution >= 4 is 11.9 Å². The van der Waals surface area contributed by atoms with Gasteiger partial charge in [0, 0.05) is 12.5 Å². The van der Waals surface area contributed by atoms with Gasteiger partial charge in [-0.05, 0) is 73.5 Å². The standard InChI is InChI=1S/C20H31NO3/c1-19-10-8-14-12(13(19)5-6-15(19)18(23)24-3)4-7-16-20(14,2)11-9-17(22)21-16/h12-16H,4-11H2,1-3H3,(H,21,22)/t12-,13-,14-,15+,16?,19-,20+/m0/s1. The van der Waals surface area contributed by atoms with Gasteiger partial charge in [0.2, 0.25) is 5.91 Å². The van der Waals surface area contributed by atoms with Gasteiger partial charge in [-0.1, -0.05) is 13.8 Å². The predicted octanol–water partition coefficient (Wildman–Crippen LogP) is 3.30. The van der Waals surface area contributed by atoms with E-state index in [0.29, 0.717) is 24.3 Å². The maximum atomic E-state index is 12.3. The molecule has 1 aliphatic heterocycles. The molecule has 0 aromatic heterocycles. The molecule has 0 spiro atoms. The average Bonchev–Trinajstić information content (AvgIpc) is 2.92. The number of esters is 1. The summed E-state index contributed by atoms with van der Waals surface area (Å²) < 4.78 is 5.12. The number of fused-ring (bicyclic) bond motifs is 5. The second kappa shape index (κ2) is 5.47. The quantitative estimate of drug-likeness (QED) is 0.749. The zero-order valence-corrected chi connectivity index (χ0v) is 15.3. The highest BCUT2D eigenvalue weighted by atomic mass is 16.5. The van der Waals surface area contributed by atoms with Crippen LogP contribution in [0.3, 0.4) is 0 Å². The summed E-state index contributed by atoms with van der Waals surface area (Å²) in [6, 6.07) is 0.363. The van der Waals surface area contributed by atoms with E-state index in [-0.39, 0.29) is 28.6 Å². The van der Waals surface area contributed by atoms with E-state index in [1.165, 1.54) is 26.4 Å². The van der Waals surface area contributed by atoms with Crippen LogP contribution in [0.15, 0.2) is 0 Å². The highest BCUT2D eigenvalue weighted by Gasteiger charge is 2.61. The third-order valence-electron chi connectivity index (χ3n) is 8.58. The van der Waals surface area contributed by atoms with E-state index in [0.717, 1.165) is 31.6 Å². The summed E-state index contributed by atoms with van der Waals surface area (Å²) in [6.07, 6.45) is 8.54. The third kappa shape index (κ3) is 2.10. The molecule has 4 heteroatoms. The molecule has 3 aliphatic carbocycles. The first kappa shape index (κ1) is 16.4. The minimum Gasteiger partial charge on any atom is -0.469 e. The fourth-order valence-corrected chi connectivity index (χ4v) is 7.23. The first-order valence-electron chi connectivity index (χ1n) is 9.77. The highest BCUT2D eigenvalue weighted by Crippen LogP contribution is 2.65. The molecule has 1 unspecified atom stereocenters. The van der Waals surface area contributed by atoms with Crippen molar-refractivity contribution in [1.29, 1.82) is 0 Å². The smallest absolute Gasteiger partial charge is 0.309 e. The lowest BCUT2D eigenvalue weighted by Crippen LogP contribution is -2.61. The molecule has 24 heavy (non-hydrogen) atoms. The number of hydrogen-bond acceptors (Lipinski definition) is 3. The fraction of sp³-hybridized carbons (Fsp3) is 0.900. The molecule has 1 heterocycles. The molecular formula is C20H31NO3. The number of piperidine rings is 1. The molecule has 0 aromatic carbocycles. The maximum absolute atomic E-state index is 12.3. The Morgan fingerprint density at radius 1 is 1.04 bits per heavy atom. The van der Waals surface area contributed by atoms with Gasteiger partial charge in [-0.3, -0.25) is 9.59 Å². The van der Waals surface area contributed by atoms with E-state index in [4.69, 9.17) is 4.74 Å². The Bertz CT molecular complexity index is 561. The number of ether oxygens (including phenoxy) is 1. The zero-order chi connectivity index (χ0) is 17.1. The minimum absolute atomic E-state index is 0.00303. The summed E-state index contributed by atoms with van der Waals surface area (Å²) in [5.41, 5.74) is 0.372. The van der Waals surface area contributed by atoms with Crippen LogP contribution in [-0.4, -0.2) is 25.0 Å². The van der Waals surface area contributed by atoms with E-state index in [9.17, 15) is 9.59 Å². The Morgan fingerprint density at radius 3 is 2.54 bits per heavy atom. The molecule has 0 aromatic rings. The lowest BCUT2D eigenvalue weighted by Gasteiger charge is -2.60. The normalized spacial score (nSPS) is 50.3. The summed E-state index contributed by atoms with van der Waals surface area (Å²) in [6.45, 7) is 4.77. The number of hydrogen-bond donors (Lipinski definition) is 1. The van der Waals surface area contributed by atoms with Crippen LogP contribution in [0.5, 0.6) is 0 Å². The molecule has 4 aliphatic rings. The summed E-state index contributed by atoms with van der Waals surface area (Å²) in [7, 11) is 1.53. The molecule has 1 saturated heterocycles. The van der Waals surface area contributed by atoms with Crippen molar-refractivity contribution in [2.24, 2.45) is 34.5 Å². The number of carbonyl (C=O) groups is 2. The van der Waals surface area contributed by atoms with Gasteiger partial charge >= 0.3 is 5.97 Å². The van der Waals surface area contributed by atoms with E-state index >= 15 is 0 Å². The summed E-state index contributed by atoms with van der Waals surface area (Å²) >= 11 is 0. The van der Waals surface area contributed by atoms with E-state index in [1.807, 2.05) is 0 Å². The Morgan fingerprint density at radius 2 is 1.79 bits per heavy atom. The van der Waals surface area contributed by atoms with Crippen LogP contribution in [0, 0.1) is 34.5 Å². The largest absolute Gasteiger partial charge is 0.469 e. The van der Waals surface area contributed by atoms with E-state index in [2.05, 4.69) is 19.2 Å². The maximum Gasteiger partial charge on any atom is 0.309 e. The van der Waals surface area contributed by atoms with E-state index < -0.39 is 0 Å². The molecule has 4 fully saturated rings. The SMILES string of the molecule is COC(=O)[C@H]1CC[C@H]2[C@@H]3CCC4NC(=O)CC[C@]4(C)[C@H]3CC[C@]12C. The van der Waals surface area contributed by atoms with Gasteiger partial charge in [0.25, 0.3) is 0 Å². The van der Waals surface area contributed by atoms with Crippen LogP contribution in [-0.2, 0) is 14.3 Å². The van der Waals surface area contributed by atoms with Crippen molar-refractivity contribution in [3.05, 3.63) is 0 Å². The van der Waals surface area contributed by atoms with Gasteiger partial charge < -0.3 is 10.1 Å². The molecule has 1 N–H and O–H groups in total. The van der Waals surface area contributed by atoms with Crippen LogP contribution in [0.25, 0.3) is 0 Å². The third-order valence-corrected chi connectivity index (χ3v) is 8.58. The number of methoxy groups -OCH3 is 1. The fourth-order valence-electron chi connectivity index (χ4n) is 7.23. The van der Waals surface area contributed by atoms with E-state index in [1.54, 1.807) is 0 Å². The predicted molar refractivity (Wildman–Crippen MR) is 91.1 cm³/mol. The average molecular weight is 333 g/mol. The van der Waals surface area contributed by atoms with Gasteiger partial charge in [-0.2, -0.15) is 0 Å². The number of nitrogens with one attached hydrogen (secondary N) is 1. The van der Waals surface area contributed by atoms with Crippen molar-refractivity contribution < 1.29 is 14.3 Å². The monoisotopic (exact) mass is 333 g/mol. The van der Waals surface area contributed by atoms with Crippen molar-refractivity contribution in [1.82, 2.24) is 5.32 Å². The second-order valence-corrected chi connectivity index (χ2v) is 9.28. The van der Waals surface area contributed by atoms with Gasteiger partial charge in [-0.15, -0.1) is 0 Å². The van der Waals surface area contributed by atoms with Crippen LogP contribution in [0.4, 0.5) is 0 Å². The Kier molecular flexibility index (Phi) is 3.74. The van der Waals surface area contributed by atoms with Crippen LogP contribution in [0.1, 0.15) is 65.2 Å². The minimum atomic E-state index is 0.00303. The van der Waals surface area contributed by atoms with Crippen molar-refractivity contribution in [3.8, 4) is 0 Å². The van der Waals surface area contributed by atoms with Gasteiger partial charge in [0.15, 0.2) is 0 Å². The molecule has 3 saturated carbocycles. The van der Waals surface area contributed by atoms with Gasteiger partial charge in [0.1, 0.15) is 0 Å². The molecule has 0 radical (unpaired) electrons. The highest BCUT2D eigenvalue weighted by molar-refractivity contribution is 5.77. The second-order valence-electron chi connectivity index (χ2n) is 9.28. The number of amides is 1. The van der Waals surface area contributed by atoms with Crippen molar-refractivity contribution in [2.75, 3.05) is 7.11 Å². The first-order chi connectivity index (χ1) is 11.4. The van der Waals surface area contributed by atoms with Gasteiger partial charge in [-0.25, -0.2) is 0 Å². The molecular weight excluding hydrogens is 302 g/mol.